The number of carbonyl (C=O) groups excluding carboxylic acids is 2. The predicted octanol–water partition coefficient (Wildman–Crippen LogP) is 3.64. The minimum atomic E-state index is -0.481. The van der Waals surface area contributed by atoms with E-state index in [1.165, 1.54) is 11.3 Å². The summed E-state index contributed by atoms with van der Waals surface area (Å²) < 4.78 is 5.75. The average molecular weight is 418 g/mol. The van der Waals surface area contributed by atoms with E-state index in [0.717, 1.165) is 36.1 Å². The molecule has 1 atom stereocenters. The topological polar surface area (TPSA) is 93.4 Å². The second kappa shape index (κ2) is 8.70. The summed E-state index contributed by atoms with van der Waals surface area (Å²) >= 11 is 6.74. The van der Waals surface area contributed by atoms with Crippen LogP contribution in [0.15, 0.2) is 24.3 Å². The first-order chi connectivity index (χ1) is 13.4. The molecule has 0 spiro atoms. The van der Waals surface area contributed by atoms with Crippen LogP contribution >= 0.6 is 23.6 Å². The van der Waals surface area contributed by atoms with E-state index in [2.05, 4.69) is 10.6 Å². The fourth-order valence-electron chi connectivity index (χ4n) is 3.09. The van der Waals surface area contributed by atoms with Gasteiger partial charge in [-0.25, -0.2) is 0 Å². The number of ether oxygens (including phenoxy) is 1. The highest BCUT2D eigenvalue weighted by Gasteiger charge is 2.25. The number of nitrogens with two attached hydrogens (primary N) is 1. The quantitative estimate of drug-likeness (QED) is 0.624. The first kappa shape index (κ1) is 20.3. The molecule has 2 amide bonds. The molecular formula is C20H23N3O3S2. The van der Waals surface area contributed by atoms with E-state index in [1.54, 1.807) is 18.2 Å². The Morgan fingerprint density at radius 3 is 2.86 bits per heavy atom. The second-order valence-electron chi connectivity index (χ2n) is 6.70. The molecule has 0 radical (unpaired) electrons. The lowest BCUT2D eigenvalue weighted by Crippen LogP contribution is -2.34. The van der Waals surface area contributed by atoms with Gasteiger partial charge in [0.2, 0.25) is 0 Å². The van der Waals surface area contributed by atoms with Crippen LogP contribution in [-0.4, -0.2) is 23.0 Å². The lowest BCUT2D eigenvalue weighted by atomic mass is 10.1. The smallest absolute Gasteiger partial charge is 0.257 e. The van der Waals surface area contributed by atoms with Crippen molar-refractivity contribution in [2.75, 3.05) is 5.32 Å². The number of thiophene rings is 1. The van der Waals surface area contributed by atoms with Gasteiger partial charge in [0.15, 0.2) is 5.11 Å². The van der Waals surface area contributed by atoms with Crippen molar-refractivity contribution in [3.8, 4) is 5.75 Å². The maximum absolute atomic E-state index is 12.5. The first-order valence-corrected chi connectivity index (χ1v) is 10.4. The van der Waals surface area contributed by atoms with Crippen LogP contribution in [0, 0.1) is 0 Å². The molecule has 0 unspecified atom stereocenters. The van der Waals surface area contributed by atoms with Crippen molar-refractivity contribution in [3.63, 3.8) is 0 Å². The van der Waals surface area contributed by atoms with Crippen molar-refractivity contribution in [1.82, 2.24) is 5.32 Å². The molecule has 1 aromatic carbocycles. The number of primary amides is 1. The third-order valence-corrected chi connectivity index (χ3v) is 6.04. The number of amides is 2. The SMILES string of the molecule is CC[C@H](C)Oc1cccc(C(=O)NC(=S)Nc2sc3c(c2C(N)=O)CCC3)c1. The molecule has 0 aliphatic heterocycles. The van der Waals surface area contributed by atoms with Crippen molar-refractivity contribution in [2.45, 2.75) is 45.6 Å². The van der Waals surface area contributed by atoms with Gasteiger partial charge in [0, 0.05) is 10.4 Å². The summed E-state index contributed by atoms with van der Waals surface area (Å²) in [5.74, 6) is -0.200. The van der Waals surface area contributed by atoms with E-state index in [0.29, 0.717) is 21.9 Å². The van der Waals surface area contributed by atoms with Crippen LogP contribution in [-0.2, 0) is 12.8 Å². The summed E-state index contributed by atoms with van der Waals surface area (Å²) in [5, 5.41) is 6.33. The largest absolute Gasteiger partial charge is 0.491 e. The van der Waals surface area contributed by atoms with Gasteiger partial charge < -0.3 is 15.8 Å². The Kier molecular flexibility index (Phi) is 6.31. The summed E-state index contributed by atoms with van der Waals surface area (Å²) in [7, 11) is 0. The van der Waals surface area contributed by atoms with Gasteiger partial charge in [-0.1, -0.05) is 13.0 Å². The fourth-order valence-corrected chi connectivity index (χ4v) is 4.65. The zero-order valence-corrected chi connectivity index (χ0v) is 17.5. The van der Waals surface area contributed by atoms with E-state index in [4.69, 9.17) is 22.7 Å². The van der Waals surface area contributed by atoms with Crippen molar-refractivity contribution in [1.29, 1.82) is 0 Å². The standard InChI is InChI=1S/C20H23N3O3S2/c1-3-11(2)26-13-7-4-6-12(10-13)18(25)22-20(27)23-19-16(17(21)24)14-8-5-9-15(14)28-19/h4,6-7,10-11H,3,5,8-9H2,1-2H3,(H2,21,24)(H2,22,23,25,27)/t11-/m0/s1. The second-order valence-corrected chi connectivity index (χ2v) is 8.21. The van der Waals surface area contributed by atoms with Crippen molar-refractivity contribution in [2.24, 2.45) is 5.73 Å². The molecule has 1 aliphatic rings. The number of anilines is 1. The van der Waals surface area contributed by atoms with Crippen molar-refractivity contribution >= 4 is 45.5 Å². The monoisotopic (exact) mass is 417 g/mol. The van der Waals surface area contributed by atoms with Crippen LogP contribution in [0.1, 0.15) is 57.8 Å². The molecule has 4 N–H and O–H groups in total. The predicted molar refractivity (Wildman–Crippen MR) is 115 cm³/mol. The molecule has 6 nitrogen and oxygen atoms in total. The van der Waals surface area contributed by atoms with E-state index in [9.17, 15) is 9.59 Å². The molecular weight excluding hydrogens is 394 g/mol. The Morgan fingerprint density at radius 2 is 2.14 bits per heavy atom. The Hall–Kier alpha value is -2.45. The van der Waals surface area contributed by atoms with Crippen LogP contribution in [0.4, 0.5) is 5.00 Å². The number of carbonyl (C=O) groups is 2. The lowest BCUT2D eigenvalue weighted by molar-refractivity contribution is 0.0974. The summed E-state index contributed by atoms with van der Waals surface area (Å²) in [6, 6.07) is 6.94. The van der Waals surface area contributed by atoms with Gasteiger partial charge in [0.05, 0.1) is 11.7 Å². The highest BCUT2D eigenvalue weighted by Crippen LogP contribution is 2.38. The number of nitrogens with one attached hydrogen (secondary N) is 2. The fraction of sp³-hybridized carbons (Fsp3) is 0.350. The van der Waals surface area contributed by atoms with Crippen LogP contribution in [0.3, 0.4) is 0 Å². The third kappa shape index (κ3) is 4.51. The molecule has 0 saturated carbocycles. The number of rotatable bonds is 6. The number of hydrogen-bond donors (Lipinski definition) is 3. The Balaban J connectivity index is 1.68. The highest BCUT2D eigenvalue weighted by atomic mass is 32.1. The molecule has 1 aromatic heterocycles. The molecule has 0 fully saturated rings. The molecule has 148 valence electrons. The number of benzene rings is 1. The van der Waals surface area contributed by atoms with Crippen LogP contribution in [0.25, 0.3) is 0 Å². The minimum absolute atomic E-state index is 0.0639. The summed E-state index contributed by atoms with van der Waals surface area (Å²) in [4.78, 5) is 25.5. The number of fused-ring (bicyclic) bond motifs is 1. The van der Waals surface area contributed by atoms with Gasteiger partial charge in [-0.05, 0) is 68.6 Å². The average Bonchev–Trinajstić information content (AvgIpc) is 3.21. The Morgan fingerprint density at radius 1 is 1.36 bits per heavy atom. The molecule has 8 heteroatoms. The highest BCUT2D eigenvalue weighted by molar-refractivity contribution is 7.80. The molecule has 1 aliphatic carbocycles. The van der Waals surface area contributed by atoms with Crippen LogP contribution < -0.4 is 21.1 Å². The maximum Gasteiger partial charge on any atom is 0.257 e. The first-order valence-electron chi connectivity index (χ1n) is 9.22. The van der Waals surface area contributed by atoms with Gasteiger partial charge in [-0.3, -0.25) is 14.9 Å². The molecule has 1 heterocycles. The van der Waals surface area contributed by atoms with Crippen LogP contribution in [0.5, 0.6) is 5.75 Å². The van der Waals surface area contributed by atoms with Gasteiger partial charge in [0.1, 0.15) is 10.8 Å². The van der Waals surface area contributed by atoms with E-state index in [-0.39, 0.29) is 17.1 Å². The van der Waals surface area contributed by atoms with Gasteiger partial charge >= 0.3 is 0 Å². The zero-order valence-electron chi connectivity index (χ0n) is 15.8. The zero-order chi connectivity index (χ0) is 20.3. The normalized spacial score (nSPS) is 13.5. The Bertz CT molecular complexity index is 923. The maximum atomic E-state index is 12.5. The molecule has 2 aromatic rings. The van der Waals surface area contributed by atoms with E-state index < -0.39 is 5.91 Å². The summed E-state index contributed by atoms with van der Waals surface area (Å²) in [5.41, 5.74) is 7.48. The van der Waals surface area contributed by atoms with Crippen LogP contribution in [0.2, 0.25) is 0 Å². The van der Waals surface area contributed by atoms with Crippen molar-refractivity contribution < 1.29 is 14.3 Å². The summed E-state index contributed by atoms with van der Waals surface area (Å²) in [6.07, 6.45) is 3.74. The third-order valence-electron chi connectivity index (χ3n) is 4.63. The molecule has 28 heavy (non-hydrogen) atoms. The number of hydrogen-bond acceptors (Lipinski definition) is 5. The number of thiocarbonyl (C=S) groups is 1. The van der Waals surface area contributed by atoms with Gasteiger partial charge in [0.25, 0.3) is 11.8 Å². The van der Waals surface area contributed by atoms with Gasteiger partial charge in [-0.15, -0.1) is 11.3 Å². The molecule has 3 rings (SSSR count). The Labute approximate surface area is 173 Å². The molecule has 0 saturated heterocycles. The molecule has 0 bridgehead atoms. The van der Waals surface area contributed by atoms with Crippen molar-refractivity contribution in [3.05, 3.63) is 45.8 Å². The number of aryl methyl sites for hydroxylation is 1. The van der Waals surface area contributed by atoms with E-state index in [1.807, 2.05) is 19.9 Å². The lowest BCUT2D eigenvalue weighted by Gasteiger charge is -2.14. The van der Waals surface area contributed by atoms with E-state index >= 15 is 0 Å². The summed E-state index contributed by atoms with van der Waals surface area (Å²) in [6.45, 7) is 4.01. The van der Waals surface area contributed by atoms with Gasteiger partial charge in [-0.2, -0.15) is 0 Å². The minimum Gasteiger partial charge on any atom is -0.491 e.